The van der Waals surface area contributed by atoms with Crippen molar-refractivity contribution in [3.8, 4) is 12.3 Å². The highest BCUT2D eigenvalue weighted by molar-refractivity contribution is 5.01. The maximum absolute atomic E-state index is 11.4. The van der Waals surface area contributed by atoms with Crippen LogP contribution >= 0.6 is 0 Å². The SMILES string of the molecule is C#CC(NN)C(F)(F)F. The molecule has 5 heteroatoms. The molecular weight excluding hydrogens is 133 g/mol. The number of nitrogens with one attached hydrogen (secondary N) is 1. The standard InChI is InChI=1S/C4H5F3N2/c1-2-3(9-8)4(5,6)7/h1,3,9H,8H2. The van der Waals surface area contributed by atoms with Gasteiger partial charge in [-0.2, -0.15) is 13.2 Å². The Balaban J connectivity index is 4.00. The summed E-state index contributed by atoms with van der Waals surface area (Å²) in [4.78, 5) is 0. The lowest BCUT2D eigenvalue weighted by Gasteiger charge is -2.11. The van der Waals surface area contributed by atoms with Crippen molar-refractivity contribution < 1.29 is 13.2 Å². The summed E-state index contributed by atoms with van der Waals surface area (Å²) in [5.74, 6) is 5.89. The van der Waals surface area contributed by atoms with Gasteiger partial charge in [0.2, 0.25) is 0 Å². The molecular formula is C4H5F3N2. The van der Waals surface area contributed by atoms with Gasteiger partial charge in [-0.05, 0) is 0 Å². The van der Waals surface area contributed by atoms with Crippen molar-refractivity contribution in [2.75, 3.05) is 0 Å². The van der Waals surface area contributed by atoms with Gasteiger partial charge in [0.1, 0.15) is 0 Å². The van der Waals surface area contributed by atoms with Crippen LogP contribution in [-0.2, 0) is 0 Å². The molecule has 3 N–H and O–H groups in total. The van der Waals surface area contributed by atoms with Crippen LogP contribution in [0.25, 0.3) is 0 Å². The van der Waals surface area contributed by atoms with Crippen LogP contribution in [0, 0.1) is 12.3 Å². The Bertz CT molecular complexity index is 123. The Kier molecular flexibility index (Phi) is 2.49. The summed E-state index contributed by atoms with van der Waals surface area (Å²) >= 11 is 0. The number of hydrogen-bond acceptors (Lipinski definition) is 2. The molecule has 0 spiro atoms. The molecule has 0 bridgehead atoms. The molecule has 0 rings (SSSR count). The number of hydrazine groups is 1. The normalized spacial score (nSPS) is 14.6. The molecule has 0 fully saturated rings. The van der Waals surface area contributed by atoms with Gasteiger partial charge >= 0.3 is 6.18 Å². The first-order valence-corrected chi connectivity index (χ1v) is 2.01. The monoisotopic (exact) mass is 138 g/mol. The van der Waals surface area contributed by atoms with Crippen molar-refractivity contribution >= 4 is 0 Å². The van der Waals surface area contributed by atoms with E-state index in [2.05, 4.69) is 12.3 Å². The molecule has 9 heavy (non-hydrogen) atoms. The van der Waals surface area contributed by atoms with Gasteiger partial charge in [0, 0.05) is 0 Å². The summed E-state index contributed by atoms with van der Waals surface area (Å²) in [5, 5.41) is 0. The predicted molar refractivity (Wildman–Crippen MR) is 26.0 cm³/mol. The van der Waals surface area contributed by atoms with E-state index in [1.54, 1.807) is 0 Å². The second-order valence-electron chi connectivity index (χ2n) is 1.31. The lowest BCUT2D eigenvalue weighted by molar-refractivity contribution is -0.142. The third-order valence-electron chi connectivity index (χ3n) is 0.661. The molecule has 52 valence electrons. The van der Waals surface area contributed by atoms with Crippen LogP contribution in [0.3, 0.4) is 0 Å². The van der Waals surface area contributed by atoms with E-state index in [-0.39, 0.29) is 0 Å². The van der Waals surface area contributed by atoms with Gasteiger partial charge in [-0.15, -0.1) is 6.42 Å². The van der Waals surface area contributed by atoms with E-state index in [4.69, 9.17) is 0 Å². The lowest BCUT2D eigenvalue weighted by Crippen LogP contribution is -2.44. The van der Waals surface area contributed by atoms with Gasteiger partial charge in [-0.3, -0.25) is 5.84 Å². The van der Waals surface area contributed by atoms with E-state index in [9.17, 15) is 13.2 Å². The number of nitrogens with two attached hydrogens (primary N) is 1. The van der Waals surface area contributed by atoms with E-state index < -0.39 is 12.2 Å². The van der Waals surface area contributed by atoms with E-state index in [0.29, 0.717) is 0 Å². The molecule has 0 heterocycles. The van der Waals surface area contributed by atoms with Crippen LogP contribution in [0.1, 0.15) is 0 Å². The fraction of sp³-hybridized carbons (Fsp3) is 0.500. The summed E-state index contributed by atoms with van der Waals surface area (Å²) in [6.07, 6.45) is 0.00206. The summed E-state index contributed by atoms with van der Waals surface area (Å²) in [6, 6.07) is -2.04. The Hall–Kier alpha value is -0.730. The van der Waals surface area contributed by atoms with Crippen molar-refractivity contribution in [3.05, 3.63) is 0 Å². The highest BCUT2D eigenvalue weighted by Gasteiger charge is 2.37. The smallest absolute Gasteiger partial charge is 0.270 e. The molecule has 0 saturated carbocycles. The van der Waals surface area contributed by atoms with Gasteiger partial charge < -0.3 is 0 Å². The zero-order valence-electron chi connectivity index (χ0n) is 4.37. The third-order valence-corrected chi connectivity index (χ3v) is 0.661. The molecule has 0 aliphatic rings. The van der Waals surface area contributed by atoms with Gasteiger partial charge in [0.05, 0.1) is 0 Å². The largest absolute Gasteiger partial charge is 0.416 e. The molecule has 0 aromatic carbocycles. The molecule has 0 amide bonds. The summed E-state index contributed by atoms with van der Waals surface area (Å²) in [5.41, 5.74) is 1.43. The molecule has 0 aliphatic carbocycles. The van der Waals surface area contributed by atoms with Crippen LogP contribution < -0.4 is 11.3 Å². The molecule has 0 aliphatic heterocycles. The number of rotatable bonds is 1. The average Bonchev–Trinajstić information content (AvgIpc) is 1.65. The van der Waals surface area contributed by atoms with Crippen molar-refractivity contribution in [1.29, 1.82) is 0 Å². The summed E-state index contributed by atoms with van der Waals surface area (Å²) < 4.78 is 34.3. The second kappa shape index (κ2) is 2.71. The Morgan fingerprint density at radius 3 is 2.00 bits per heavy atom. The zero-order valence-corrected chi connectivity index (χ0v) is 4.37. The number of alkyl halides is 3. The Morgan fingerprint density at radius 2 is 2.00 bits per heavy atom. The highest BCUT2D eigenvalue weighted by atomic mass is 19.4. The molecule has 0 saturated heterocycles. The number of halogens is 3. The van der Waals surface area contributed by atoms with E-state index >= 15 is 0 Å². The van der Waals surface area contributed by atoms with Crippen molar-refractivity contribution in [2.45, 2.75) is 12.2 Å². The van der Waals surface area contributed by atoms with Crippen LogP contribution in [0.15, 0.2) is 0 Å². The van der Waals surface area contributed by atoms with Crippen molar-refractivity contribution in [2.24, 2.45) is 5.84 Å². The molecule has 1 atom stereocenters. The zero-order chi connectivity index (χ0) is 7.49. The molecule has 0 aromatic rings. The van der Waals surface area contributed by atoms with E-state index in [1.807, 2.05) is 0 Å². The topological polar surface area (TPSA) is 38.0 Å². The van der Waals surface area contributed by atoms with Gasteiger partial charge in [0.15, 0.2) is 6.04 Å². The maximum atomic E-state index is 11.4. The van der Waals surface area contributed by atoms with Crippen LogP contribution in [0.4, 0.5) is 13.2 Å². The van der Waals surface area contributed by atoms with Crippen molar-refractivity contribution in [1.82, 2.24) is 5.43 Å². The van der Waals surface area contributed by atoms with Crippen LogP contribution in [-0.4, -0.2) is 12.2 Å². The fourth-order valence-electron chi connectivity index (χ4n) is 0.237. The van der Waals surface area contributed by atoms with Gasteiger partial charge in [0.25, 0.3) is 0 Å². The molecule has 1 unspecified atom stereocenters. The molecule has 2 nitrogen and oxygen atoms in total. The summed E-state index contributed by atoms with van der Waals surface area (Å²) in [7, 11) is 0. The van der Waals surface area contributed by atoms with E-state index in [1.165, 1.54) is 11.3 Å². The van der Waals surface area contributed by atoms with E-state index in [0.717, 1.165) is 0 Å². The molecule has 0 aromatic heterocycles. The quantitative estimate of drug-likeness (QED) is 0.304. The summed E-state index contributed by atoms with van der Waals surface area (Å²) in [6.45, 7) is 0. The average molecular weight is 138 g/mol. The minimum atomic E-state index is -4.45. The first kappa shape index (κ1) is 8.27. The maximum Gasteiger partial charge on any atom is 0.416 e. The number of terminal acetylenes is 1. The Morgan fingerprint density at radius 1 is 1.56 bits per heavy atom. The Labute approximate surface area is 50.2 Å². The minimum absolute atomic E-state index is 1.43. The minimum Gasteiger partial charge on any atom is -0.270 e. The van der Waals surface area contributed by atoms with Gasteiger partial charge in [-0.25, -0.2) is 5.43 Å². The van der Waals surface area contributed by atoms with Gasteiger partial charge in [-0.1, -0.05) is 5.92 Å². The molecule has 0 radical (unpaired) electrons. The van der Waals surface area contributed by atoms with Crippen LogP contribution in [0.5, 0.6) is 0 Å². The first-order chi connectivity index (χ1) is 4.02. The van der Waals surface area contributed by atoms with Crippen molar-refractivity contribution in [3.63, 3.8) is 0 Å². The third kappa shape index (κ3) is 2.35. The second-order valence-corrected chi connectivity index (χ2v) is 1.31. The van der Waals surface area contributed by atoms with Crippen LogP contribution in [0.2, 0.25) is 0 Å². The first-order valence-electron chi connectivity index (χ1n) is 2.01. The fourth-order valence-corrected chi connectivity index (χ4v) is 0.237. The number of hydrogen-bond donors (Lipinski definition) is 2. The lowest BCUT2D eigenvalue weighted by atomic mass is 10.3. The predicted octanol–water partition coefficient (Wildman–Crippen LogP) is 0.0138. The highest BCUT2D eigenvalue weighted by Crippen LogP contribution is 2.18.